The molecule has 3 aromatic rings. The molecule has 1 aliphatic carbocycles. The number of nitrogens with zero attached hydrogens (tertiary/aromatic N) is 1. The molecule has 27 heavy (non-hydrogen) atoms. The van der Waals surface area contributed by atoms with E-state index in [9.17, 15) is 0 Å². The average molecular weight is 358 g/mol. The maximum Gasteiger partial charge on any atom is 0.0705 e. The first-order valence-corrected chi connectivity index (χ1v) is 10.5. The summed E-state index contributed by atoms with van der Waals surface area (Å²) in [4.78, 5) is 4.73. The fraction of sp³-hybridized carbons (Fsp3) is 0.423. The van der Waals surface area contributed by atoms with Gasteiger partial charge in [0.2, 0.25) is 0 Å². The van der Waals surface area contributed by atoms with E-state index in [0.29, 0.717) is 5.92 Å². The highest BCUT2D eigenvalue weighted by Gasteiger charge is 2.19. The highest BCUT2D eigenvalue weighted by Crippen LogP contribution is 2.38. The largest absolute Gasteiger partial charge is 0.256 e. The fourth-order valence-electron chi connectivity index (χ4n) is 4.59. The van der Waals surface area contributed by atoms with Gasteiger partial charge in [0.05, 0.1) is 5.69 Å². The van der Waals surface area contributed by atoms with Gasteiger partial charge in [-0.3, -0.25) is 4.98 Å². The lowest BCUT2D eigenvalue weighted by molar-refractivity contribution is 0.411. The molecule has 1 saturated carbocycles. The Hall–Kier alpha value is -2.15. The van der Waals surface area contributed by atoms with E-state index in [1.54, 1.807) is 0 Å². The lowest BCUT2D eigenvalue weighted by Gasteiger charge is -2.24. The Labute approximate surface area is 163 Å². The molecule has 0 bridgehead atoms. The molecule has 1 aromatic heterocycles. The molecule has 1 fully saturated rings. The smallest absolute Gasteiger partial charge is 0.0705 e. The van der Waals surface area contributed by atoms with Crippen LogP contribution in [0.1, 0.15) is 69.9 Å². The number of hydrogen-bond donors (Lipinski definition) is 0. The average Bonchev–Trinajstić information content (AvgIpc) is 2.67. The Morgan fingerprint density at radius 3 is 2.48 bits per heavy atom. The van der Waals surface area contributed by atoms with Crippen LogP contribution in [-0.4, -0.2) is 4.98 Å². The Kier molecular flexibility index (Phi) is 5.04. The van der Waals surface area contributed by atoms with Gasteiger partial charge < -0.3 is 0 Å². The molecule has 0 unspecified atom stereocenters. The summed E-state index contributed by atoms with van der Waals surface area (Å²) in [5, 5.41) is 2.78. The van der Waals surface area contributed by atoms with Crippen LogP contribution in [0.5, 0.6) is 0 Å². The highest BCUT2D eigenvalue weighted by molar-refractivity contribution is 5.90. The van der Waals surface area contributed by atoms with Gasteiger partial charge >= 0.3 is 0 Å². The summed E-state index contributed by atoms with van der Waals surface area (Å²) in [6.07, 6.45) is 9.82. The predicted molar refractivity (Wildman–Crippen MR) is 116 cm³/mol. The monoisotopic (exact) mass is 357 g/mol. The van der Waals surface area contributed by atoms with Gasteiger partial charge in [-0.05, 0) is 76.8 Å². The van der Waals surface area contributed by atoms with Gasteiger partial charge in [0.1, 0.15) is 0 Å². The van der Waals surface area contributed by atoms with Crippen LogP contribution in [0.3, 0.4) is 0 Å². The van der Waals surface area contributed by atoms with Gasteiger partial charge in [0, 0.05) is 11.8 Å². The van der Waals surface area contributed by atoms with Crippen molar-refractivity contribution in [1.29, 1.82) is 0 Å². The van der Waals surface area contributed by atoms with Crippen LogP contribution in [0.15, 0.2) is 54.7 Å². The minimum atomic E-state index is 0.287. The van der Waals surface area contributed by atoms with Crippen LogP contribution >= 0.6 is 0 Å². The Morgan fingerprint density at radius 2 is 1.70 bits per heavy atom. The lowest BCUT2D eigenvalue weighted by atomic mass is 9.81. The number of rotatable bonds is 3. The van der Waals surface area contributed by atoms with E-state index in [2.05, 4.69) is 69.3 Å². The Bertz CT molecular complexity index is 926. The molecule has 1 heteroatoms. The van der Waals surface area contributed by atoms with Crippen molar-refractivity contribution in [3.8, 4) is 11.3 Å². The van der Waals surface area contributed by atoms with Crippen molar-refractivity contribution in [2.24, 2.45) is 5.41 Å². The summed E-state index contributed by atoms with van der Waals surface area (Å²) < 4.78 is 0. The van der Waals surface area contributed by atoms with Crippen LogP contribution in [-0.2, 0) is 6.42 Å². The van der Waals surface area contributed by atoms with Gasteiger partial charge in [-0.1, -0.05) is 64.3 Å². The SMILES string of the molecule is CC(C)(C)Cc1ccnc(-c2cc(C3CCCCC3)c3ccccc3c2)c1. The van der Waals surface area contributed by atoms with Crippen molar-refractivity contribution in [1.82, 2.24) is 4.98 Å². The maximum atomic E-state index is 4.73. The number of fused-ring (bicyclic) bond motifs is 1. The summed E-state index contributed by atoms with van der Waals surface area (Å²) in [7, 11) is 0. The normalized spacial score (nSPS) is 16.0. The topological polar surface area (TPSA) is 12.9 Å². The minimum Gasteiger partial charge on any atom is -0.256 e. The molecule has 1 aliphatic rings. The Balaban J connectivity index is 1.79. The van der Waals surface area contributed by atoms with E-state index in [-0.39, 0.29) is 5.41 Å². The van der Waals surface area contributed by atoms with E-state index in [4.69, 9.17) is 4.98 Å². The van der Waals surface area contributed by atoms with Crippen LogP contribution in [0.25, 0.3) is 22.0 Å². The zero-order valence-electron chi connectivity index (χ0n) is 17.0. The van der Waals surface area contributed by atoms with Crippen LogP contribution in [0.4, 0.5) is 0 Å². The molecule has 0 N–H and O–H groups in total. The van der Waals surface area contributed by atoms with Crippen molar-refractivity contribution < 1.29 is 0 Å². The predicted octanol–water partition coefficient (Wildman–Crippen LogP) is 7.54. The molecule has 0 atom stereocenters. The molecular weight excluding hydrogens is 326 g/mol. The molecule has 140 valence electrons. The van der Waals surface area contributed by atoms with E-state index in [0.717, 1.165) is 12.1 Å². The number of hydrogen-bond acceptors (Lipinski definition) is 1. The van der Waals surface area contributed by atoms with Crippen molar-refractivity contribution in [2.45, 2.75) is 65.2 Å². The second kappa shape index (κ2) is 7.46. The summed E-state index contributed by atoms with van der Waals surface area (Å²) in [5.41, 5.74) is 5.57. The molecule has 2 aromatic carbocycles. The van der Waals surface area contributed by atoms with E-state index in [1.165, 1.54) is 59.6 Å². The third-order valence-electron chi connectivity index (χ3n) is 5.79. The van der Waals surface area contributed by atoms with E-state index < -0.39 is 0 Å². The molecule has 1 nitrogen and oxygen atoms in total. The fourth-order valence-corrected chi connectivity index (χ4v) is 4.59. The molecule has 0 aliphatic heterocycles. The van der Waals surface area contributed by atoms with Gasteiger partial charge in [-0.15, -0.1) is 0 Å². The first kappa shape index (κ1) is 18.2. The number of pyridine rings is 1. The third-order valence-corrected chi connectivity index (χ3v) is 5.79. The zero-order chi connectivity index (χ0) is 18.9. The van der Waals surface area contributed by atoms with Gasteiger partial charge in [0.25, 0.3) is 0 Å². The van der Waals surface area contributed by atoms with E-state index in [1.807, 2.05) is 6.20 Å². The third kappa shape index (κ3) is 4.24. The van der Waals surface area contributed by atoms with Crippen molar-refractivity contribution in [2.75, 3.05) is 0 Å². The van der Waals surface area contributed by atoms with E-state index >= 15 is 0 Å². The summed E-state index contributed by atoms with van der Waals surface area (Å²) >= 11 is 0. The molecule has 0 amide bonds. The maximum absolute atomic E-state index is 4.73. The summed E-state index contributed by atoms with van der Waals surface area (Å²) in [5.74, 6) is 0.696. The number of aromatic nitrogens is 1. The summed E-state index contributed by atoms with van der Waals surface area (Å²) in [6.45, 7) is 6.89. The molecule has 0 saturated heterocycles. The lowest BCUT2D eigenvalue weighted by Crippen LogP contribution is -2.09. The second-order valence-electron chi connectivity index (χ2n) is 9.41. The van der Waals surface area contributed by atoms with Crippen molar-refractivity contribution >= 4 is 10.8 Å². The first-order valence-electron chi connectivity index (χ1n) is 10.5. The Morgan fingerprint density at radius 1 is 0.926 bits per heavy atom. The molecular formula is C26H31N. The van der Waals surface area contributed by atoms with Gasteiger partial charge in [0.15, 0.2) is 0 Å². The zero-order valence-corrected chi connectivity index (χ0v) is 17.0. The second-order valence-corrected chi connectivity index (χ2v) is 9.41. The molecule has 0 spiro atoms. The summed E-state index contributed by atoms with van der Waals surface area (Å²) in [6, 6.07) is 18.1. The number of benzene rings is 2. The molecule has 0 radical (unpaired) electrons. The van der Waals surface area contributed by atoms with Gasteiger partial charge in [-0.2, -0.15) is 0 Å². The molecule has 1 heterocycles. The highest BCUT2D eigenvalue weighted by atomic mass is 14.7. The van der Waals surface area contributed by atoms with Crippen molar-refractivity contribution in [3.05, 3.63) is 65.9 Å². The van der Waals surface area contributed by atoms with Crippen molar-refractivity contribution in [3.63, 3.8) is 0 Å². The van der Waals surface area contributed by atoms with Crippen LogP contribution in [0, 0.1) is 5.41 Å². The molecule has 4 rings (SSSR count). The standard InChI is InChI=1S/C26H31N/c1-26(2,3)18-19-13-14-27-25(15-19)22-16-21-11-7-8-12-23(21)24(17-22)20-9-5-4-6-10-20/h7-8,11-17,20H,4-6,9-10,18H2,1-3H3. The van der Waals surface area contributed by atoms with Crippen LogP contribution < -0.4 is 0 Å². The van der Waals surface area contributed by atoms with Gasteiger partial charge in [-0.25, -0.2) is 0 Å². The first-order chi connectivity index (χ1) is 13.0. The quantitative estimate of drug-likeness (QED) is 0.472. The van der Waals surface area contributed by atoms with Crippen LogP contribution in [0.2, 0.25) is 0 Å². The minimum absolute atomic E-state index is 0.287.